The lowest BCUT2D eigenvalue weighted by atomic mass is 10.1. The van der Waals surface area contributed by atoms with Gasteiger partial charge in [-0.05, 0) is 36.8 Å². The highest BCUT2D eigenvalue weighted by molar-refractivity contribution is 6.08. The van der Waals surface area contributed by atoms with Crippen molar-refractivity contribution in [2.24, 2.45) is 0 Å². The second-order valence-electron chi connectivity index (χ2n) is 7.70. The summed E-state index contributed by atoms with van der Waals surface area (Å²) < 4.78 is 6.80. The van der Waals surface area contributed by atoms with E-state index in [4.69, 9.17) is 9.84 Å². The molecular formula is C27H26N4O3. The van der Waals surface area contributed by atoms with Crippen LogP contribution < -0.4 is 10.2 Å². The van der Waals surface area contributed by atoms with E-state index in [0.29, 0.717) is 35.8 Å². The predicted molar refractivity (Wildman–Crippen MR) is 133 cm³/mol. The van der Waals surface area contributed by atoms with Crippen molar-refractivity contribution >= 4 is 23.4 Å². The molecule has 1 N–H and O–H groups in total. The fourth-order valence-electron chi connectivity index (χ4n) is 3.54. The minimum absolute atomic E-state index is 0.260. The van der Waals surface area contributed by atoms with Crippen molar-refractivity contribution in [1.82, 2.24) is 9.78 Å². The second kappa shape index (κ2) is 10.5. The molecule has 172 valence electrons. The molecule has 7 nitrogen and oxygen atoms in total. The Morgan fingerprint density at radius 1 is 0.941 bits per heavy atom. The first kappa shape index (κ1) is 22.8. The van der Waals surface area contributed by atoms with Gasteiger partial charge < -0.3 is 10.1 Å². The third kappa shape index (κ3) is 5.32. The first-order valence-electron chi connectivity index (χ1n) is 11.0. The van der Waals surface area contributed by atoms with E-state index < -0.39 is 6.09 Å². The molecule has 7 heteroatoms. The highest BCUT2D eigenvalue weighted by Gasteiger charge is 2.19. The second-order valence-corrected chi connectivity index (χ2v) is 7.70. The molecule has 0 unspecified atom stereocenters. The molecule has 34 heavy (non-hydrogen) atoms. The average Bonchev–Trinajstić information content (AvgIpc) is 3.29. The van der Waals surface area contributed by atoms with Crippen molar-refractivity contribution in [2.75, 3.05) is 23.9 Å². The van der Waals surface area contributed by atoms with Crippen LogP contribution in [0.5, 0.6) is 0 Å². The van der Waals surface area contributed by atoms with E-state index in [9.17, 15) is 9.59 Å². The van der Waals surface area contributed by atoms with Gasteiger partial charge in [-0.15, -0.1) is 0 Å². The lowest BCUT2D eigenvalue weighted by Gasteiger charge is -2.16. The van der Waals surface area contributed by atoms with Gasteiger partial charge in [0.25, 0.3) is 5.91 Å². The molecular weight excluding hydrogens is 428 g/mol. The molecule has 0 saturated heterocycles. The van der Waals surface area contributed by atoms with E-state index in [0.717, 1.165) is 11.1 Å². The van der Waals surface area contributed by atoms with Crippen LogP contribution in [-0.4, -0.2) is 35.4 Å². The number of nitrogens with zero attached hydrogens (tertiary/aromatic N) is 3. The Balaban J connectivity index is 1.56. The van der Waals surface area contributed by atoms with E-state index in [1.807, 2.05) is 60.7 Å². The van der Waals surface area contributed by atoms with Gasteiger partial charge in [0.15, 0.2) is 0 Å². The van der Waals surface area contributed by atoms with Gasteiger partial charge in [0.05, 0.1) is 18.7 Å². The maximum absolute atomic E-state index is 13.2. The van der Waals surface area contributed by atoms with E-state index in [1.165, 1.54) is 4.90 Å². The van der Waals surface area contributed by atoms with Gasteiger partial charge in [-0.25, -0.2) is 4.79 Å². The molecule has 0 aliphatic rings. The molecule has 0 atom stereocenters. The van der Waals surface area contributed by atoms with E-state index in [2.05, 4.69) is 5.32 Å². The number of hydrogen-bond donors (Lipinski definition) is 1. The van der Waals surface area contributed by atoms with Crippen LogP contribution in [0.2, 0.25) is 0 Å². The number of ether oxygens (including phenoxy) is 1. The molecule has 1 aromatic heterocycles. The lowest BCUT2D eigenvalue weighted by Crippen LogP contribution is -2.26. The number of aromatic nitrogens is 2. The molecule has 0 bridgehead atoms. The summed E-state index contributed by atoms with van der Waals surface area (Å²) in [5, 5.41) is 7.65. The van der Waals surface area contributed by atoms with Crippen LogP contribution in [-0.2, 0) is 11.3 Å². The maximum Gasteiger partial charge on any atom is 0.413 e. The van der Waals surface area contributed by atoms with Crippen LogP contribution in [0.4, 0.5) is 16.2 Å². The average molecular weight is 455 g/mol. The summed E-state index contributed by atoms with van der Waals surface area (Å²) in [7, 11) is 1.64. The first-order chi connectivity index (χ1) is 16.5. The van der Waals surface area contributed by atoms with E-state index in [-0.39, 0.29) is 5.91 Å². The molecule has 3 aromatic carbocycles. The largest absolute Gasteiger partial charge is 0.449 e. The summed E-state index contributed by atoms with van der Waals surface area (Å²) in [6.45, 7) is 2.62. The van der Waals surface area contributed by atoms with Gasteiger partial charge >= 0.3 is 6.09 Å². The monoisotopic (exact) mass is 454 g/mol. The number of carbonyl (C=O) groups excluding carboxylic acids is 2. The highest BCUT2D eigenvalue weighted by Crippen LogP contribution is 2.24. The Bertz CT molecular complexity index is 1250. The highest BCUT2D eigenvalue weighted by atomic mass is 16.6. The third-order valence-corrected chi connectivity index (χ3v) is 5.30. The normalized spacial score (nSPS) is 10.5. The van der Waals surface area contributed by atoms with Gasteiger partial charge in [-0.1, -0.05) is 60.7 Å². The molecule has 1 heterocycles. The molecule has 0 saturated carbocycles. The van der Waals surface area contributed by atoms with Crippen LogP contribution >= 0.6 is 0 Å². The number of nitrogens with one attached hydrogen (secondary N) is 1. The zero-order valence-electron chi connectivity index (χ0n) is 19.1. The molecule has 0 aliphatic carbocycles. The summed E-state index contributed by atoms with van der Waals surface area (Å²) in [4.78, 5) is 26.6. The zero-order chi connectivity index (χ0) is 23.9. The first-order valence-corrected chi connectivity index (χ1v) is 11.0. The number of anilines is 2. The molecule has 0 spiro atoms. The zero-order valence-corrected chi connectivity index (χ0v) is 19.1. The summed E-state index contributed by atoms with van der Waals surface area (Å²) >= 11 is 0. The van der Waals surface area contributed by atoms with E-state index in [1.54, 1.807) is 49.1 Å². The smallest absolute Gasteiger partial charge is 0.413 e. The van der Waals surface area contributed by atoms with Crippen LogP contribution in [0.25, 0.3) is 11.3 Å². The van der Waals surface area contributed by atoms with Crippen molar-refractivity contribution < 1.29 is 14.3 Å². The van der Waals surface area contributed by atoms with Crippen molar-refractivity contribution in [3.63, 3.8) is 0 Å². The van der Waals surface area contributed by atoms with Gasteiger partial charge in [0, 0.05) is 30.2 Å². The molecule has 4 rings (SSSR count). The quantitative estimate of drug-likeness (QED) is 0.403. The predicted octanol–water partition coefficient (Wildman–Crippen LogP) is 5.44. The maximum atomic E-state index is 13.2. The number of rotatable bonds is 7. The van der Waals surface area contributed by atoms with Crippen LogP contribution in [0, 0.1) is 0 Å². The van der Waals surface area contributed by atoms with Crippen LogP contribution in [0.15, 0.2) is 91.1 Å². The Kier molecular flexibility index (Phi) is 7.03. The van der Waals surface area contributed by atoms with Gasteiger partial charge in [0.1, 0.15) is 5.69 Å². The number of benzene rings is 3. The Morgan fingerprint density at radius 2 is 1.59 bits per heavy atom. The summed E-state index contributed by atoms with van der Waals surface area (Å²) in [6.07, 6.45) is 1.34. The lowest BCUT2D eigenvalue weighted by molar-refractivity contribution is 0.102. The SMILES string of the molecule is CCOC(=O)N(C)c1ccc(NC(=O)c2cn(Cc3ccccc3)nc2-c2ccccc2)cc1. The molecule has 2 amide bonds. The molecule has 0 radical (unpaired) electrons. The topological polar surface area (TPSA) is 76.5 Å². The summed E-state index contributed by atoms with van der Waals surface area (Å²) in [6, 6.07) is 26.6. The summed E-state index contributed by atoms with van der Waals surface area (Å²) in [5.41, 5.74) is 4.34. The minimum Gasteiger partial charge on any atom is -0.449 e. The van der Waals surface area contributed by atoms with Crippen molar-refractivity contribution in [2.45, 2.75) is 13.5 Å². The molecule has 4 aromatic rings. The van der Waals surface area contributed by atoms with Crippen LogP contribution in [0.1, 0.15) is 22.8 Å². The Labute approximate surface area is 198 Å². The standard InChI is InChI=1S/C27H26N4O3/c1-3-34-27(33)30(2)23-16-14-22(15-17-23)28-26(32)24-19-31(18-20-10-6-4-7-11-20)29-25(24)21-12-8-5-9-13-21/h4-17,19H,3,18H2,1-2H3,(H,28,32). The molecule has 0 fully saturated rings. The Morgan fingerprint density at radius 3 is 2.24 bits per heavy atom. The Hall–Kier alpha value is -4.39. The van der Waals surface area contributed by atoms with Gasteiger partial charge in [-0.2, -0.15) is 5.10 Å². The van der Waals surface area contributed by atoms with Gasteiger partial charge in [-0.3, -0.25) is 14.4 Å². The van der Waals surface area contributed by atoms with Gasteiger partial charge in [0.2, 0.25) is 0 Å². The van der Waals surface area contributed by atoms with Crippen molar-refractivity contribution in [3.8, 4) is 11.3 Å². The summed E-state index contributed by atoms with van der Waals surface area (Å²) in [5.74, 6) is -0.260. The number of amides is 2. The van der Waals surface area contributed by atoms with Crippen molar-refractivity contribution in [1.29, 1.82) is 0 Å². The minimum atomic E-state index is -0.433. The number of carbonyl (C=O) groups is 2. The fraction of sp³-hybridized carbons (Fsp3) is 0.148. The van der Waals surface area contributed by atoms with Crippen LogP contribution in [0.3, 0.4) is 0 Å². The molecule has 0 aliphatic heterocycles. The third-order valence-electron chi connectivity index (χ3n) is 5.30. The van der Waals surface area contributed by atoms with Crippen molar-refractivity contribution in [3.05, 3.63) is 102 Å². The van der Waals surface area contributed by atoms with E-state index >= 15 is 0 Å². The number of hydrogen-bond acceptors (Lipinski definition) is 4. The fourth-order valence-corrected chi connectivity index (χ4v) is 3.54.